The van der Waals surface area contributed by atoms with Crippen LogP contribution in [0, 0.1) is 0 Å². The molecule has 17 heavy (non-hydrogen) atoms. The van der Waals surface area contributed by atoms with E-state index in [1.165, 1.54) is 0 Å². The van der Waals surface area contributed by atoms with Crippen LogP contribution in [-0.2, 0) is 4.79 Å². The molecule has 90 valence electrons. The van der Waals surface area contributed by atoms with Crippen LogP contribution < -0.4 is 0 Å². The van der Waals surface area contributed by atoms with Crippen molar-refractivity contribution in [1.29, 1.82) is 0 Å². The molecule has 0 heterocycles. The SMILES string of the molecule is CN(/N=C/c1ccccc1)C1CCCC(=O)C1. The molecule has 3 nitrogen and oxygen atoms in total. The number of benzene rings is 1. The maximum Gasteiger partial charge on any atom is 0.135 e. The van der Waals surface area contributed by atoms with Crippen molar-refractivity contribution in [3.63, 3.8) is 0 Å². The van der Waals surface area contributed by atoms with Crippen LogP contribution in [0.5, 0.6) is 0 Å². The summed E-state index contributed by atoms with van der Waals surface area (Å²) in [5.41, 5.74) is 1.08. The molecule has 1 unspecified atom stereocenters. The lowest BCUT2D eigenvalue weighted by Crippen LogP contribution is -2.32. The molecule has 1 atom stereocenters. The highest BCUT2D eigenvalue weighted by Gasteiger charge is 2.21. The van der Waals surface area contributed by atoms with Crippen LogP contribution in [0.25, 0.3) is 0 Å². The normalized spacial score (nSPS) is 20.8. The van der Waals surface area contributed by atoms with Gasteiger partial charge in [0.15, 0.2) is 0 Å². The fraction of sp³-hybridized carbons (Fsp3) is 0.429. The number of ketones is 1. The van der Waals surface area contributed by atoms with Crippen molar-refractivity contribution in [2.45, 2.75) is 31.7 Å². The van der Waals surface area contributed by atoms with E-state index < -0.39 is 0 Å². The second-order valence-electron chi connectivity index (χ2n) is 4.52. The predicted molar refractivity (Wildman–Crippen MR) is 69.1 cm³/mol. The van der Waals surface area contributed by atoms with Gasteiger partial charge in [-0.25, -0.2) is 0 Å². The molecule has 0 saturated heterocycles. The van der Waals surface area contributed by atoms with E-state index in [2.05, 4.69) is 5.10 Å². The van der Waals surface area contributed by atoms with Gasteiger partial charge in [0.2, 0.25) is 0 Å². The Morgan fingerprint density at radius 3 is 2.82 bits per heavy atom. The van der Waals surface area contributed by atoms with Gasteiger partial charge in [-0.3, -0.25) is 9.80 Å². The molecule has 0 spiro atoms. The second kappa shape index (κ2) is 5.62. The van der Waals surface area contributed by atoms with Crippen LogP contribution in [0.15, 0.2) is 35.4 Å². The highest BCUT2D eigenvalue weighted by Crippen LogP contribution is 2.19. The summed E-state index contributed by atoms with van der Waals surface area (Å²) in [5.74, 6) is 0.364. The number of nitrogens with zero attached hydrogens (tertiary/aromatic N) is 2. The first kappa shape index (κ1) is 11.8. The van der Waals surface area contributed by atoms with Gasteiger partial charge < -0.3 is 0 Å². The third kappa shape index (κ3) is 3.41. The number of carbonyl (C=O) groups is 1. The smallest absolute Gasteiger partial charge is 0.135 e. The molecular weight excluding hydrogens is 212 g/mol. The van der Waals surface area contributed by atoms with Gasteiger partial charge in [-0.2, -0.15) is 5.10 Å². The van der Waals surface area contributed by atoms with Gasteiger partial charge in [0.1, 0.15) is 5.78 Å². The number of hydrogen-bond acceptors (Lipinski definition) is 3. The predicted octanol–water partition coefficient (Wildman–Crippen LogP) is 2.46. The average molecular weight is 230 g/mol. The van der Waals surface area contributed by atoms with Gasteiger partial charge in [0, 0.05) is 19.9 Å². The van der Waals surface area contributed by atoms with E-state index >= 15 is 0 Å². The lowest BCUT2D eigenvalue weighted by atomic mass is 9.94. The Kier molecular flexibility index (Phi) is 3.91. The van der Waals surface area contributed by atoms with E-state index in [1.807, 2.05) is 48.6 Å². The summed E-state index contributed by atoms with van der Waals surface area (Å²) in [4.78, 5) is 11.4. The molecule has 0 N–H and O–H groups in total. The van der Waals surface area contributed by atoms with E-state index in [0.717, 1.165) is 24.8 Å². The monoisotopic (exact) mass is 230 g/mol. The Morgan fingerprint density at radius 2 is 2.12 bits per heavy atom. The number of rotatable bonds is 3. The minimum atomic E-state index is 0.274. The second-order valence-corrected chi connectivity index (χ2v) is 4.52. The van der Waals surface area contributed by atoms with Crippen LogP contribution in [0.1, 0.15) is 31.2 Å². The van der Waals surface area contributed by atoms with Crippen LogP contribution in [-0.4, -0.2) is 30.1 Å². The minimum absolute atomic E-state index is 0.274. The maximum atomic E-state index is 11.4. The molecule has 1 fully saturated rings. The van der Waals surface area contributed by atoms with Crippen molar-refractivity contribution in [1.82, 2.24) is 5.01 Å². The zero-order chi connectivity index (χ0) is 12.1. The third-order valence-electron chi connectivity index (χ3n) is 3.17. The molecule has 1 aliphatic carbocycles. The summed E-state index contributed by atoms with van der Waals surface area (Å²) in [5, 5.41) is 6.33. The van der Waals surface area contributed by atoms with Crippen LogP contribution in [0.3, 0.4) is 0 Å². The summed E-state index contributed by atoms with van der Waals surface area (Å²) in [7, 11) is 1.95. The first-order valence-corrected chi connectivity index (χ1v) is 6.09. The standard InChI is InChI=1S/C14H18N2O/c1-16(13-8-5-9-14(17)10-13)15-11-12-6-3-2-4-7-12/h2-4,6-7,11,13H,5,8-10H2,1H3/b15-11+. The molecule has 1 aromatic carbocycles. The molecule has 0 bridgehead atoms. The van der Waals surface area contributed by atoms with Gasteiger partial charge in [0.05, 0.1) is 12.3 Å². The highest BCUT2D eigenvalue weighted by atomic mass is 16.1. The van der Waals surface area contributed by atoms with Gasteiger partial charge in [-0.1, -0.05) is 30.3 Å². The molecule has 3 heteroatoms. The van der Waals surface area contributed by atoms with Gasteiger partial charge in [-0.15, -0.1) is 0 Å². The van der Waals surface area contributed by atoms with E-state index in [1.54, 1.807) is 0 Å². The molecular formula is C14H18N2O. The Balaban J connectivity index is 1.94. The minimum Gasteiger partial charge on any atom is -0.300 e. The molecule has 0 radical (unpaired) electrons. The number of carbonyl (C=O) groups excluding carboxylic acids is 1. The van der Waals surface area contributed by atoms with E-state index in [0.29, 0.717) is 12.2 Å². The van der Waals surface area contributed by atoms with Crippen molar-refractivity contribution in [2.75, 3.05) is 7.05 Å². The molecule has 0 aromatic heterocycles. The van der Waals surface area contributed by atoms with Crippen molar-refractivity contribution >= 4 is 12.0 Å². The van der Waals surface area contributed by atoms with E-state index in [4.69, 9.17) is 0 Å². The Hall–Kier alpha value is -1.64. The Labute approximate surface area is 102 Å². The third-order valence-corrected chi connectivity index (χ3v) is 3.17. The summed E-state index contributed by atoms with van der Waals surface area (Å²) in [6.07, 6.45) is 5.29. The Morgan fingerprint density at radius 1 is 1.35 bits per heavy atom. The van der Waals surface area contributed by atoms with Crippen LogP contribution in [0.4, 0.5) is 0 Å². The lowest BCUT2D eigenvalue weighted by Gasteiger charge is -2.28. The lowest BCUT2D eigenvalue weighted by molar-refractivity contribution is -0.121. The van der Waals surface area contributed by atoms with Crippen LogP contribution >= 0.6 is 0 Å². The molecule has 1 aliphatic rings. The zero-order valence-electron chi connectivity index (χ0n) is 10.2. The first-order chi connectivity index (χ1) is 8.25. The van der Waals surface area contributed by atoms with Crippen molar-refractivity contribution in [2.24, 2.45) is 5.10 Å². The first-order valence-electron chi connectivity index (χ1n) is 6.09. The summed E-state index contributed by atoms with van der Waals surface area (Å²) < 4.78 is 0. The fourth-order valence-corrected chi connectivity index (χ4v) is 2.11. The van der Waals surface area contributed by atoms with Crippen molar-refractivity contribution in [3.8, 4) is 0 Å². The number of hydrazone groups is 1. The Bertz CT molecular complexity index is 400. The van der Waals surface area contributed by atoms with E-state index in [9.17, 15) is 4.79 Å². The molecule has 1 aromatic rings. The van der Waals surface area contributed by atoms with Gasteiger partial charge in [0.25, 0.3) is 0 Å². The van der Waals surface area contributed by atoms with Gasteiger partial charge >= 0.3 is 0 Å². The zero-order valence-corrected chi connectivity index (χ0v) is 10.2. The number of Topliss-reactive ketones (excluding diaryl/α,β-unsaturated/α-hetero) is 1. The topological polar surface area (TPSA) is 32.7 Å². The average Bonchev–Trinajstić information content (AvgIpc) is 2.37. The van der Waals surface area contributed by atoms with Crippen LogP contribution in [0.2, 0.25) is 0 Å². The highest BCUT2D eigenvalue weighted by molar-refractivity contribution is 5.80. The molecule has 0 aliphatic heterocycles. The molecule has 1 saturated carbocycles. The molecule has 0 amide bonds. The largest absolute Gasteiger partial charge is 0.300 e. The number of hydrogen-bond donors (Lipinski definition) is 0. The summed E-state index contributed by atoms with van der Waals surface area (Å²) >= 11 is 0. The van der Waals surface area contributed by atoms with Crippen molar-refractivity contribution in [3.05, 3.63) is 35.9 Å². The summed E-state index contributed by atoms with van der Waals surface area (Å²) in [6.45, 7) is 0. The maximum absolute atomic E-state index is 11.4. The summed E-state index contributed by atoms with van der Waals surface area (Å²) in [6, 6.07) is 10.3. The molecule has 2 rings (SSSR count). The van der Waals surface area contributed by atoms with Gasteiger partial charge in [-0.05, 0) is 18.4 Å². The quantitative estimate of drug-likeness (QED) is 0.590. The fourth-order valence-electron chi connectivity index (χ4n) is 2.11. The van der Waals surface area contributed by atoms with Crippen molar-refractivity contribution < 1.29 is 4.79 Å². The van der Waals surface area contributed by atoms with E-state index in [-0.39, 0.29) is 6.04 Å².